The smallest absolute Gasteiger partial charge is 0.240 e. The first-order valence-electron chi connectivity index (χ1n) is 5.43. The fraction of sp³-hybridized carbons (Fsp3) is 0.455. The quantitative estimate of drug-likeness (QED) is 0.670. The fourth-order valence-electron chi connectivity index (χ4n) is 1.38. The molecule has 0 aliphatic heterocycles. The zero-order valence-corrected chi connectivity index (χ0v) is 10.8. The summed E-state index contributed by atoms with van der Waals surface area (Å²) in [7, 11) is -3.59. The minimum atomic E-state index is -3.59. The minimum absolute atomic E-state index is 0.0161. The summed E-state index contributed by atoms with van der Waals surface area (Å²) in [4.78, 5) is 0.118. The van der Waals surface area contributed by atoms with E-state index >= 15 is 0 Å². The van der Waals surface area contributed by atoms with Crippen LogP contribution >= 0.6 is 0 Å². The Balaban J connectivity index is 2.96. The first-order chi connectivity index (χ1) is 7.86. The maximum absolute atomic E-state index is 11.8. The molecule has 0 aliphatic rings. The van der Waals surface area contributed by atoms with E-state index in [9.17, 15) is 8.42 Å². The molecular weight excluding hydrogens is 240 g/mol. The highest BCUT2D eigenvalue weighted by molar-refractivity contribution is 7.89. The Morgan fingerprint density at radius 1 is 1.47 bits per heavy atom. The molecule has 0 heterocycles. The lowest BCUT2D eigenvalue weighted by molar-refractivity contribution is 0.198. The first kappa shape index (κ1) is 14.0. The summed E-state index contributed by atoms with van der Waals surface area (Å²) in [5.41, 5.74) is 7.12. The zero-order chi connectivity index (χ0) is 13.1. The maximum Gasteiger partial charge on any atom is 0.240 e. The van der Waals surface area contributed by atoms with E-state index in [4.69, 9.17) is 10.8 Å². The molecule has 0 amide bonds. The van der Waals surface area contributed by atoms with E-state index in [1.807, 2.05) is 6.92 Å². The van der Waals surface area contributed by atoms with E-state index in [-0.39, 0.29) is 11.4 Å². The predicted molar refractivity (Wildman–Crippen MR) is 67.1 cm³/mol. The molecule has 0 unspecified atom stereocenters. The first-order valence-corrected chi connectivity index (χ1v) is 6.91. The molecule has 1 aromatic carbocycles. The van der Waals surface area contributed by atoms with Crippen LogP contribution in [0.25, 0.3) is 0 Å². The molecule has 0 aromatic heterocycles. The van der Waals surface area contributed by atoms with E-state index in [1.165, 1.54) is 19.1 Å². The molecule has 17 heavy (non-hydrogen) atoms. The van der Waals surface area contributed by atoms with E-state index in [0.717, 1.165) is 12.0 Å². The van der Waals surface area contributed by atoms with Crippen LogP contribution in [0.15, 0.2) is 23.1 Å². The Bertz CT molecular complexity index is 483. The van der Waals surface area contributed by atoms with Gasteiger partial charge in [-0.25, -0.2) is 13.1 Å². The third kappa shape index (κ3) is 3.69. The Hall–Kier alpha value is -1.11. The van der Waals surface area contributed by atoms with Gasteiger partial charge in [-0.1, -0.05) is 13.0 Å². The summed E-state index contributed by atoms with van der Waals surface area (Å²) in [6, 6.07) is 4.65. The van der Waals surface area contributed by atoms with Gasteiger partial charge in [-0.3, -0.25) is 0 Å². The number of hydrogen-bond donors (Lipinski definition) is 3. The van der Waals surface area contributed by atoms with Crippen LogP contribution in [0.5, 0.6) is 0 Å². The average molecular weight is 258 g/mol. The number of sulfonamides is 1. The van der Waals surface area contributed by atoms with Gasteiger partial charge in [0.15, 0.2) is 0 Å². The number of aliphatic hydroxyl groups is 1. The molecular formula is C11H18N2O3S. The standard InChI is InChI=1S/C11H18N2O3S/c1-3-9-4-5-10(6-11(9)12)17(15,16)13-7-8(2)14/h4-6,8,13-14H,3,7,12H2,1-2H3/t8-/m0/s1. The van der Waals surface area contributed by atoms with Gasteiger partial charge in [0.25, 0.3) is 0 Å². The highest BCUT2D eigenvalue weighted by atomic mass is 32.2. The largest absolute Gasteiger partial charge is 0.398 e. The van der Waals surface area contributed by atoms with Crippen molar-refractivity contribution in [2.75, 3.05) is 12.3 Å². The number of rotatable bonds is 5. The Labute approximate surface area is 102 Å². The van der Waals surface area contributed by atoms with Crippen LogP contribution in [0.2, 0.25) is 0 Å². The number of hydrogen-bond acceptors (Lipinski definition) is 4. The lowest BCUT2D eigenvalue weighted by atomic mass is 10.1. The van der Waals surface area contributed by atoms with Crippen molar-refractivity contribution in [3.8, 4) is 0 Å². The number of aryl methyl sites for hydroxylation is 1. The lowest BCUT2D eigenvalue weighted by Crippen LogP contribution is -2.30. The molecule has 96 valence electrons. The van der Waals surface area contributed by atoms with Crippen LogP contribution in [0.3, 0.4) is 0 Å². The van der Waals surface area contributed by atoms with Gasteiger partial charge in [0.2, 0.25) is 10.0 Å². The summed E-state index contributed by atoms with van der Waals surface area (Å²) < 4.78 is 25.9. The number of aliphatic hydroxyl groups excluding tert-OH is 1. The molecule has 0 radical (unpaired) electrons. The van der Waals surface area contributed by atoms with Crippen LogP contribution in [-0.2, 0) is 16.4 Å². The normalized spacial score (nSPS) is 13.6. The van der Waals surface area contributed by atoms with Gasteiger partial charge in [-0.15, -0.1) is 0 Å². The summed E-state index contributed by atoms with van der Waals surface area (Å²) in [6.07, 6.45) is 0.0322. The average Bonchev–Trinajstić information content (AvgIpc) is 2.26. The van der Waals surface area contributed by atoms with Crippen LogP contribution in [-0.4, -0.2) is 26.2 Å². The number of benzene rings is 1. The van der Waals surface area contributed by atoms with Crippen molar-refractivity contribution in [1.82, 2.24) is 4.72 Å². The van der Waals surface area contributed by atoms with Gasteiger partial charge in [-0.2, -0.15) is 0 Å². The predicted octanol–water partition coefficient (Wildman–Crippen LogP) is 0.490. The zero-order valence-electron chi connectivity index (χ0n) is 9.97. The number of anilines is 1. The molecule has 1 aromatic rings. The molecule has 5 nitrogen and oxygen atoms in total. The molecule has 0 aliphatic carbocycles. The fourth-order valence-corrected chi connectivity index (χ4v) is 2.53. The molecule has 1 atom stereocenters. The minimum Gasteiger partial charge on any atom is -0.398 e. The Morgan fingerprint density at radius 2 is 2.12 bits per heavy atom. The van der Waals surface area contributed by atoms with Gasteiger partial charge >= 0.3 is 0 Å². The summed E-state index contributed by atoms with van der Waals surface area (Å²) in [5, 5.41) is 9.05. The van der Waals surface area contributed by atoms with Gasteiger partial charge in [0, 0.05) is 12.2 Å². The molecule has 0 spiro atoms. The second-order valence-electron chi connectivity index (χ2n) is 3.92. The van der Waals surface area contributed by atoms with Crippen molar-refractivity contribution in [2.24, 2.45) is 0 Å². The molecule has 0 saturated carbocycles. The molecule has 4 N–H and O–H groups in total. The number of nitrogens with one attached hydrogen (secondary N) is 1. The Morgan fingerprint density at radius 3 is 2.59 bits per heavy atom. The SMILES string of the molecule is CCc1ccc(S(=O)(=O)NC[C@H](C)O)cc1N. The van der Waals surface area contributed by atoms with E-state index in [0.29, 0.717) is 5.69 Å². The van der Waals surface area contributed by atoms with Crippen LogP contribution < -0.4 is 10.5 Å². The van der Waals surface area contributed by atoms with Gasteiger partial charge in [0.05, 0.1) is 11.0 Å². The number of nitrogens with two attached hydrogens (primary N) is 1. The summed E-state index contributed by atoms with van der Waals surface area (Å²) in [5.74, 6) is 0. The number of nitrogen functional groups attached to an aromatic ring is 1. The summed E-state index contributed by atoms with van der Waals surface area (Å²) >= 11 is 0. The molecule has 6 heteroatoms. The van der Waals surface area contributed by atoms with Crippen molar-refractivity contribution in [2.45, 2.75) is 31.3 Å². The van der Waals surface area contributed by atoms with Crippen molar-refractivity contribution in [3.05, 3.63) is 23.8 Å². The van der Waals surface area contributed by atoms with Gasteiger partial charge < -0.3 is 10.8 Å². The van der Waals surface area contributed by atoms with Crippen LogP contribution in [0.4, 0.5) is 5.69 Å². The van der Waals surface area contributed by atoms with Crippen LogP contribution in [0, 0.1) is 0 Å². The topological polar surface area (TPSA) is 92.4 Å². The third-order valence-corrected chi connectivity index (χ3v) is 3.80. The summed E-state index contributed by atoms with van der Waals surface area (Å²) in [6.45, 7) is 3.44. The highest BCUT2D eigenvalue weighted by Crippen LogP contribution is 2.18. The van der Waals surface area contributed by atoms with Gasteiger partial charge in [-0.05, 0) is 31.0 Å². The second-order valence-corrected chi connectivity index (χ2v) is 5.68. The highest BCUT2D eigenvalue weighted by Gasteiger charge is 2.15. The monoisotopic (exact) mass is 258 g/mol. The van der Waals surface area contributed by atoms with E-state index in [1.54, 1.807) is 6.07 Å². The molecule has 0 bridgehead atoms. The van der Waals surface area contributed by atoms with Crippen molar-refractivity contribution in [3.63, 3.8) is 0 Å². The Kier molecular flexibility index (Phi) is 4.50. The lowest BCUT2D eigenvalue weighted by Gasteiger charge is -2.10. The second kappa shape index (κ2) is 5.48. The molecule has 0 fully saturated rings. The molecule has 1 rings (SSSR count). The maximum atomic E-state index is 11.8. The van der Waals surface area contributed by atoms with Crippen molar-refractivity contribution < 1.29 is 13.5 Å². The van der Waals surface area contributed by atoms with Crippen LogP contribution in [0.1, 0.15) is 19.4 Å². The third-order valence-electron chi connectivity index (χ3n) is 2.38. The van der Waals surface area contributed by atoms with E-state index in [2.05, 4.69) is 4.72 Å². The van der Waals surface area contributed by atoms with Gasteiger partial charge in [0.1, 0.15) is 0 Å². The van der Waals surface area contributed by atoms with Crippen molar-refractivity contribution in [1.29, 1.82) is 0 Å². The van der Waals surface area contributed by atoms with E-state index < -0.39 is 16.1 Å². The van der Waals surface area contributed by atoms with Crippen molar-refractivity contribution >= 4 is 15.7 Å². The molecule has 0 saturated heterocycles.